The Kier molecular flexibility index (Phi) is 9.48. The number of carbonyl (C=O) groups is 3. The van der Waals surface area contributed by atoms with Gasteiger partial charge in [0.1, 0.15) is 11.6 Å². The summed E-state index contributed by atoms with van der Waals surface area (Å²) < 4.78 is 25.5. The summed E-state index contributed by atoms with van der Waals surface area (Å²) in [7, 11) is -1.49. The Bertz CT molecular complexity index is 1640. The van der Waals surface area contributed by atoms with Gasteiger partial charge in [0.15, 0.2) is 9.84 Å². The summed E-state index contributed by atoms with van der Waals surface area (Å²) in [4.78, 5) is 43.9. The van der Waals surface area contributed by atoms with Crippen LogP contribution in [0.2, 0.25) is 0 Å². The van der Waals surface area contributed by atoms with Crippen LogP contribution in [0.15, 0.2) is 60.0 Å². The molecule has 5 rings (SSSR count). The van der Waals surface area contributed by atoms with E-state index in [0.717, 1.165) is 48.1 Å². The molecule has 0 radical (unpaired) electrons. The van der Waals surface area contributed by atoms with E-state index in [9.17, 15) is 22.8 Å². The van der Waals surface area contributed by atoms with Gasteiger partial charge in [0.05, 0.1) is 16.3 Å². The molecule has 0 unspecified atom stereocenters. The number of nitrogens with zero attached hydrogens (tertiary/aromatic N) is 5. The zero-order valence-corrected chi connectivity index (χ0v) is 26.1. The lowest BCUT2D eigenvalue weighted by molar-refractivity contribution is -0.141. The Morgan fingerprint density at radius 1 is 1.09 bits per heavy atom. The molecule has 2 fully saturated rings. The van der Waals surface area contributed by atoms with Crippen molar-refractivity contribution < 1.29 is 22.8 Å². The molecule has 11 nitrogen and oxygen atoms in total. The van der Waals surface area contributed by atoms with E-state index in [2.05, 4.69) is 22.2 Å². The molecule has 44 heavy (non-hydrogen) atoms. The zero-order valence-electron chi connectivity index (χ0n) is 25.3. The van der Waals surface area contributed by atoms with Gasteiger partial charge in [-0.05, 0) is 73.4 Å². The highest BCUT2D eigenvalue weighted by molar-refractivity contribution is 7.90. The van der Waals surface area contributed by atoms with Crippen molar-refractivity contribution in [2.24, 2.45) is 18.9 Å². The van der Waals surface area contributed by atoms with Crippen LogP contribution in [0.3, 0.4) is 0 Å². The number of amides is 3. The summed E-state index contributed by atoms with van der Waals surface area (Å²) in [5, 5.41) is 11.2. The largest absolute Gasteiger partial charge is 0.350 e. The predicted molar refractivity (Wildman–Crippen MR) is 166 cm³/mol. The average molecular weight is 621 g/mol. The van der Waals surface area contributed by atoms with E-state index in [1.54, 1.807) is 39.9 Å². The fraction of sp³-hybridized carbons (Fsp3) is 0.469. The number of aromatic nitrogens is 3. The van der Waals surface area contributed by atoms with Gasteiger partial charge < -0.3 is 15.1 Å². The molecule has 12 heteroatoms. The third kappa shape index (κ3) is 7.18. The highest BCUT2D eigenvalue weighted by Crippen LogP contribution is 2.30. The molecular formula is C32H40N6O5S. The highest BCUT2D eigenvalue weighted by Gasteiger charge is 2.41. The summed E-state index contributed by atoms with van der Waals surface area (Å²) in [6, 6.07) is 11.8. The molecule has 2 saturated heterocycles. The highest BCUT2D eigenvalue weighted by atomic mass is 32.2. The van der Waals surface area contributed by atoms with E-state index in [0.29, 0.717) is 25.8 Å². The van der Waals surface area contributed by atoms with E-state index in [4.69, 9.17) is 0 Å². The molecule has 1 N–H and O–H groups in total. The maximum atomic E-state index is 13.9. The van der Waals surface area contributed by atoms with Gasteiger partial charge in [0.25, 0.3) is 0 Å². The first-order valence-electron chi connectivity index (χ1n) is 15.1. The van der Waals surface area contributed by atoms with Crippen molar-refractivity contribution in [2.45, 2.75) is 56.0 Å². The van der Waals surface area contributed by atoms with E-state index in [1.807, 2.05) is 30.1 Å². The molecule has 2 aliphatic rings. The van der Waals surface area contributed by atoms with Gasteiger partial charge in [-0.25, -0.2) is 13.1 Å². The van der Waals surface area contributed by atoms with Gasteiger partial charge in [-0.2, -0.15) is 0 Å². The minimum absolute atomic E-state index is 0.00794. The van der Waals surface area contributed by atoms with E-state index in [1.165, 1.54) is 6.26 Å². The van der Waals surface area contributed by atoms with Crippen LogP contribution in [0.5, 0.6) is 0 Å². The lowest BCUT2D eigenvalue weighted by Gasteiger charge is -2.27. The number of rotatable bonds is 11. The van der Waals surface area contributed by atoms with Crippen molar-refractivity contribution in [3.63, 3.8) is 0 Å². The molecule has 3 heterocycles. The number of aryl methyl sites for hydroxylation is 1. The van der Waals surface area contributed by atoms with Gasteiger partial charge in [0.2, 0.25) is 17.7 Å². The first-order valence-corrected chi connectivity index (χ1v) is 17.0. The first kappa shape index (κ1) is 31.4. The maximum absolute atomic E-state index is 13.9. The normalized spacial score (nSPS) is 19.3. The predicted octanol–water partition coefficient (Wildman–Crippen LogP) is 2.65. The Morgan fingerprint density at radius 2 is 1.80 bits per heavy atom. The van der Waals surface area contributed by atoms with Crippen molar-refractivity contribution in [1.29, 1.82) is 0 Å². The summed E-state index contributed by atoms with van der Waals surface area (Å²) >= 11 is 0. The van der Waals surface area contributed by atoms with Crippen LogP contribution in [0.1, 0.15) is 43.2 Å². The van der Waals surface area contributed by atoms with Crippen LogP contribution in [-0.2, 0) is 44.2 Å². The van der Waals surface area contributed by atoms with Gasteiger partial charge in [0, 0.05) is 45.9 Å². The van der Waals surface area contributed by atoms with Gasteiger partial charge in [-0.15, -0.1) is 11.7 Å². The molecule has 2 aromatic carbocycles. The van der Waals surface area contributed by atoms with Gasteiger partial charge in [-0.1, -0.05) is 29.5 Å². The third-order valence-electron chi connectivity index (χ3n) is 8.72. The van der Waals surface area contributed by atoms with E-state index < -0.39 is 21.8 Å². The number of fused-ring (bicyclic) bond motifs is 1. The molecule has 0 spiro atoms. The SMILES string of the molecule is C=C[C@H](CCC(=O)N1CCCC1)C(=O)N1C[C@H](Cc2ccc(S(C)(=O)=O)cc2)C[C@H]1C(=O)NCc1ccc2c(c1)nnn2C. The minimum atomic E-state index is -3.31. The maximum Gasteiger partial charge on any atom is 0.243 e. The molecule has 2 aliphatic heterocycles. The summed E-state index contributed by atoms with van der Waals surface area (Å²) in [5.41, 5.74) is 3.42. The molecule has 0 aliphatic carbocycles. The second-order valence-corrected chi connectivity index (χ2v) is 14.0. The fourth-order valence-electron chi connectivity index (χ4n) is 6.23. The lowest BCUT2D eigenvalue weighted by atomic mass is 9.96. The second-order valence-electron chi connectivity index (χ2n) is 12.0. The third-order valence-corrected chi connectivity index (χ3v) is 9.85. The Labute approximate surface area is 258 Å². The van der Waals surface area contributed by atoms with Crippen LogP contribution in [0.25, 0.3) is 11.0 Å². The fourth-order valence-corrected chi connectivity index (χ4v) is 6.86. The Morgan fingerprint density at radius 3 is 2.48 bits per heavy atom. The molecule has 0 saturated carbocycles. The van der Waals surface area contributed by atoms with Crippen molar-refractivity contribution >= 4 is 38.6 Å². The first-order chi connectivity index (χ1) is 21.0. The standard InChI is InChI=1S/C32H40N6O5S/c1-4-25(10-14-30(39)37-15-5-6-16-37)32(41)38-21-24(17-22-7-11-26(12-8-22)44(3,42)43)19-29(38)31(40)33-20-23-9-13-28-27(18-23)34-35-36(28)2/h4,7-9,11-13,18,24-25,29H,1,5-6,10,14-17,19-21H2,2-3H3,(H,33,40)/t24-,25-,29+/m1/s1. The van der Waals surface area contributed by atoms with Crippen LogP contribution in [0.4, 0.5) is 0 Å². The zero-order chi connectivity index (χ0) is 31.4. The van der Waals surface area contributed by atoms with E-state index in [-0.39, 0.29) is 41.5 Å². The van der Waals surface area contributed by atoms with Crippen LogP contribution < -0.4 is 5.32 Å². The number of benzene rings is 2. The van der Waals surface area contributed by atoms with Crippen molar-refractivity contribution in [3.05, 3.63) is 66.2 Å². The topological polar surface area (TPSA) is 135 Å². The van der Waals surface area contributed by atoms with E-state index >= 15 is 0 Å². The van der Waals surface area contributed by atoms with Crippen LogP contribution >= 0.6 is 0 Å². The second kappa shape index (κ2) is 13.3. The molecule has 3 aromatic rings. The molecule has 0 bridgehead atoms. The van der Waals surface area contributed by atoms with Crippen molar-refractivity contribution in [3.8, 4) is 0 Å². The smallest absolute Gasteiger partial charge is 0.243 e. The van der Waals surface area contributed by atoms with Gasteiger partial charge in [-0.3, -0.25) is 14.4 Å². The minimum Gasteiger partial charge on any atom is -0.350 e. The Hall–Kier alpha value is -4.06. The molecule has 3 amide bonds. The number of carbonyl (C=O) groups excluding carboxylic acids is 3. The number of nitrogens with one attached hydrogen (secondary N) is 1. The number of likely N-dealkylation sites (tertiary alicyclic amines) is 2. The molecule has 1 aromatic heterocycles. The lowest BCUT2D eigenvalue weighted by Crippen LogP contribution is -2.47. The van der Waals surface area contributed by atoms with Crippen molar-refractivity contribution in [1.82, 2.24) is 30.1 Å². The summed E-state index contributed by atoms with van der Waals surface area (Å²) in [6.07, 6.45) is 6.43. The molecule has 234 valence electrons. The monoisotopic (exact) mass is 620 g/mol. The van der Waals surface area contributed by atoms with Gasteiger partial charge >= 0.3 is 0 Å². The summed E-state index contributed by atoms with van der Waals surface area (Å²) in [6.45, 7) is 6.05. The number of hydrogen-bond acceptors (Lipinski definition) is 7. The average Bonchev–Trinajstić information content (AvgIpc) is 3.77. The Balaban J connectivity index is 1.29. The number of hydrogen-bond donors (Lipinski definition) is 1. The number of sulfone groups is 1. The quantitative estimate of drug-likeness (QED) is 0.326. The summed E-state index contributed by atoms with van der Waals surface area (Å²) in [5.74, 6) is -0.989. The molecular weight excluding hydrogens is 580 g/mol. The van der Waals surface area contributed by atoms with Crippen molar-refractivity contribution in [2.75, 3.05) is 25.9 Å². The molecule has 3 atom stereocenters. The van der Waals surface area contributed by atoms with Crippen LogP contribution in [-0.4, -0.2) is 82.9 Å². The van der Waals surface area contributed by atoms with Crippen LogP contribution in [0, 0.1) is 11.8 Å².